The molecule has 0 atom stereocenters. The molecule has 0 aliphatic carbocycles. The van der Waals surface area contributed by atoms with E-state index < -0.39 is 0 Å². The van der Waals surface area contributed by atoms with Crippen LogP contribution in [0.15, 0.2) is 22.8 Å². The Morgan fingerprint density at radius 3 is 2.92 bits per heavy atom. The SMILES string of the molecule is Cc1cc(Br)cc2nn(C)cc12. The summed E-state index contributed by atoms with van der Waals surface area (Å²) in [5.74, 6) is 0. The first kappa shape index (κ1) is 7.80. The van der Waals surface area contributed by atoms with E-state index in [1.165, 1.54) is 10.9 Å². The molecule has 1 aromatic heterocycles. The zero-order valence-corrected chi connectivity index (χ0v) is 8.59. The lowest BCUT2D eigenvalue weighted by Gasteiger charge is -1.94. The van der Waals surface area contributed by atoms with Crippen molar-refractivity contribution in [1.82, 2.24) is 9.78 Å². The second-order valence-corrected chi connectivity index (χ2v) is 3.87. The van der Waals surface area contributed by atoms with Gasteiger partial charge in [0, 0.05) is 23.1 Å². The van der Waals surface area contributed by atoms with Crippen molar-refractivity contribution >= 4 is 26.8 Å². The maximum Gasteiger partial charge on any atom is 0.0937 e. The van der Waals surface area contributed by atoms with Gasteiger partial charge < -0.3 is 0 Å². The Labute approximate surface area is 79.3 Å². The second-order valence-electron chi connectivity index (χ2n) is 2.96. The monoisotopic (exact) mass is 224 g/mol. The van der Waals surface area contributed by atoms with Crippen LogP contribution >= 0.6 is 15.9 Å². The molecule has 0 aliphatic heterocycles. The van der Waals surface area contributed by atoms with Crippen molar-refractivity contribution in [1.29, 1.82) is 0 Å². The average Bonchev–Trinajstić information content (AvgIpc) is 2.29. The minimum Gasteiger partial charge on any atom is -0.275 e. The van der Waals surface area contributed by atoms with Crippen molar-refractivity contribution < 1.29 is 0 Å². The van der Waals surface area contributed by atoms with E-state index in [1.54, 1.807) is 0 Å². The summed E-state index contributed by atoms with van der Waals surface area (Å²) in [6, 6.07) is 4.13. The highest BCUT2D eigenvalue weighted by atomic mass is 79.9. The highest BCUT2D eigenvalue weighted by Gasteiger charge is 2.02. The maximum absolute atomic E-state index is 4.32. The Kier molecular flexibility index (Phi) is 1.68. The summed E-state index contributed by atoms with van der Waals surface area (Å²) in [6.45, 7) is 2.09. The predicted molar refractivity (Wildman–Crippen MR) is 53.2 cm³/mol. The van der Waals surface area contributed by atoms with Crippen LogP contribution in [0.2, 0.25) is 0 Å². The number of rotatable bonds is 0. The molecule has 0 aliphatic rings. The Morgan fingerprint density at radius 2 is 2.17 bits per heavy atom. The van der Waals surface area contributed by atoms with E-state index in [4.69, 9.17) is 0 Å². The number of halogens is 1. The number of hydrogen-bond acceptors (Lipinski definition) is 1. The van der Waals surface area contributed by atoms with Crippen molar-refractivity contribution in [2.24, 2.45) is 7.05 Å². The van der Waals surface area contributed by atoms with E-state index in [1.807, 2.05) is 24.0 Å². The largest absolute Gasteiger partial charge is 0.275 e. The van der Waals surface area contributed by atoms with Gasteiger partial charge in [0.05, 0.1) is 5.52 Å². The third kappa shape index (κ3) is 1.14. The number of fused-ring (bicyclic) bond motifs is 1. The molecule has 3 heteroatoms. The number of nitrogens with zero attached hydrogens (tertiary/aromatic N) is 2. The minimum atomic E-state index is 1.05. The summed E-state index contributed by atoms with van der Waals surface area (Å²) in [5.41, 5.74) is 2.30. The molecular formula is C9H9BrN2. The van der Waals surface area contributed by atoms with Gasteiger partial charge in [-0.25, -0.2) is 0 Å². The molecule has 2 aromatic rings. The Morgan fingerprint density at radius 1 is 1.42 bits per heavy atom. The van der Waals surface area contributed by atoms with Gasteiger partial charge in [-0.1, -0.05) is 15.9 Å². The molecule has 2 rings (SSSR count). The van der Waals surface area contributed by atoms with Gasteiger partial charge in [-0.05, 0) is 24.6 Å². The zero-order chi connectivity index (χ0) is 8.72. The molecule has 0 saturated heterocycles. The van der Waals surface area contributed by atoms with Crippen LogP contribution in [-0.2, 0) is 7.05 Å². The number of aromatic nitrogens is 2. The average molecular weight is 225 g/mol. The Hall–Kier alpha value is -0.830. The molecule has 0 N–H and O–H groups in total. The first-order valence-electron chi connectivity index (χ1n) is 3.76. The van der Waals surface area contributed by atoms with Gasteiger partial charge in [0.25, 0.3) is 0 Å². The van der Waals surface area contributed by atoms with Gasteiger partial charge in [0.2, 0.25) is 0 Å². The molecule has 0 unspecified atom stereocenters. The van der Waals surface area contributed by atoms with E-state index in [0.29, 0.717) is 0 Å². The quantitative estimate of drug-likeness (QED) is 0.673. The molecule has 1 heterocycles. The third-order valence-electron chi connectivity index (χ3n) is 1.91. The van der Waals surface area contributed by atoms with E-state index in [9.17, 15) is 0 Å². The first-order chi connectivity index (χ1) is 5.66. The van der Waals surface area contributed by atoms with Crippen LogP contribution in [0.1, 0.15) is 5.56 Å². The van der Waals surface area contributed by atoms with Crippen molar-refractivity contribution in [2.45, 2.75) is 6.92 Å². The molecule has 0 saturated carbocycles. The number of hydrogen-bond donors (Lipinski definition) is 0. The lowest BCUT2D eigenvalue weighted by Crippen LogP contribution is -1.84. The fourth-order valence-corrected chi connectivity index (χ4v) is 1.93. The minimum absolute atomic E-state index is 1.05. The molecule has 62 valence electrons. The molecule has 2 nitrogen and oxygen atoms in total. The second kappa shape index (κ2) is 2.59. The normalized spacial score (nSPS) is 10.9. The number of aryl methyl sites for hydroxylation is 2. The van der Waals surface area contributed by atoms with Crippen LogP contribution in [-0.4, -0.2) is 9.78 Å². The van der Waals surface area contributed by atoms with Gasteiger partial charge in [0.1, 0.15) is 0 Å². The number of benzene rings is 1. The van der Waals surface area contributed by atoms with Crippen LogP contribution in [0.25, 0.3) is 10.9 Å². The van der Waals surface area contributed by atoms with Crippen molar-refractivity contribution in [2.75, 3.05) is 0 Å². The van der Waals surface area contributed by atoms with Crippen LogP contribution in [0.5, 0.6) is 0 Å². The first-order valence-corrected chi connectivity index (χ1v) is 4.55. The van der Waals surface area contributed by atoms with Gasteiger partial charge in [-0.3, -0.25) is 4.68 Å². The van der Waals surface area contributed by atoms with Gasteiger partial charge in [-0.2, -0.15) is 5.10 Å². The van der Waals surface area contributed by atoms with Gasteiger partial charge in [-0.15, -0.1) is 0 Å². The Bertz CT molecular complexity index is 431. The van der Waals surface area contributed by atoms with E-state index >= 15 is 0 Å². The van der Waals surface area contributed by atoms with Crippen LogP contribution in [0.4, 0.5) is 0 Å². The van der Waals surface area contributed by atoms with Crippen molar-refractivity contribution in [3.05, 3.63) is 28.4 Å². The van der Waals surface area contributed by atoms with Crippen LogP contribution in [0.3, 0.4) is 0 Å². The molecule has 0 radical (unpaired) electrons. The molecule has 0 spiro atoms. The van der Waals surface area contributed by atoms with Gasteiger partial charge >= 0.3 is 0 Å². The van der Waals surface area contributed by atoms with E-state index in [0.717, 1.165) is 9.99 Å². The molecule has 0 amide bonds. The summed E-state index contributed by atoms with van der Waals surface area (Å²) < 4.78 is 2.93. The fraction of sp³-hybridized carbons (Fsp3) is 0.222. The summed E-state index contributed by atoms with van der Waals surface area (Å²) in [5, 5.41) is 5.54. The maximum atomic E-state index is 4.32. The van der Waals surface area contributed by atoms with Crippen molar-refractivity contribution in [3.8, 4) is 0 Å². The standard InChI is InChI=1S/C9H9BrN2/c1-6-3-7(10)4-9-8(6)5-12(2)11-9/h3-5H,1-2H3. The molecular weight excluding hydrogens is 216 g/mol. The zero-order valence-electron chi connectivity index (χ0n) is 7.00. The molecule has 0 bridgehead atoms. The summed E-state index contributed by atoms with van der Waals surface area (Å²) >= 11 is 3.44. The fourth-order valence-electron chi connectivity index (χ4n) is 1.37. The van der Waals surface area contributed by atoms with Crippen LogP contribution < -0.4 is 0 Å². The third-order valence-corrected chi connectivity index (χ3v) is 2.37. The lowest BCUT2D eigenvalue weighted by atomic mass is 10.1. The van der Waals surface area contributed by atoms with E-state index in [-0.39, 0.29) is 0 Å². The van der Waals surface area contributed by atoms with Crippen molar-refractivity contribution in [3.63, 3.8) is 0 Å². The smallest absolute Gasteiger partial charge is 0.0937 e. The van der Waals surface area contributed by atoms with E-state index in [2.05, 4.69) is 34.0 Å². The summed E-state index contributed by atoms with van der Waals surface area (Å²) in [4.78, 5) is 0. The highest BCUT2D eigenvalue weighted by molar-refractivity contribution is 9.10. The predicted octanol–water partition coefficient (Wildman–Crippen LogP) is 2.64. The highest BCUT2D eigenvalue weighted by Crippen LogP contribution is 2.22. The summed E-state index contributed by atoms with van der Waals surface area (Å²) in [6.07, 6.45) is 2.04. The van der Waals surface area contributed by atoms with Gasteiger partial charge in [0.15, 0.2) is 0 Å². The topological polar surface area (TPSA) is 17.8 Å². The lowest BCUT2D eigenvalue weighted by molar-refractivity contribution is 0.779. The van der Waals surface area contributed by atoms with Crippen LogP contribution in [0, 0.1) is 6.92 Å². The molecule has 1 aromatic carbocycles. The molecule has 12 heavy (non-hydrogen) atoms. The molecule has 0 fully saturated rings. The Balaban J connectivity index is 2.88. The summed E-state index contributed by atoms with van der Waals surface area (Å²) in [7, 11) is 1.94.